The van der Waals surface area contributed by atoms with E-state index in [2.05, 4.69) is 19.2 Å². The molecule has 0 aliphatic carbocycles. The minimum absolute atomic E-state index is 0.110. The summed E-state index contributed by atoms with van der Waals surface area (Å²) in [6, 6.07) is 7.01. The largest absolute Gasteiger partial charge is 0.383 e. The van der Waals surface area contributed by atoms with Gasteiger partial charge in [0, 0.05) is 18.3 Å². The lowest BCUT2D eigenvalue weighted by Crippen LogP contribution is -2.30. The maximum absolute atomic E-state index is 11.9. The first kappa shape index (κ1) is 17.0. The van der Waals surface area contributed by atoms with Crippen LogP contribution in [0.15, 0.2) is 29.2 Å². The number of anilines is 1. The topological polar surface area (TPSA) is 72.2 Å². The van der Waals surface area contributed by atoms with E-state index in [1.807, 2.05) is 6.92 Å². The van der Waals surface area contributed by atoms with E-state index in [1.165, 1.54) is 0 Å². The fourth-order valence-corrected chi connectivity index (χ4v) is 3.43. The Balaban J connectivity index is 2.59. The van der Waals surface area contributed by atoms with Gasteiger partial charge in [-0.2, -0.15) is 0 Å². The molecule has 0 heterocycles. The van der Waals surface area contributed by atoms with Gasteiger partial charge in [-0.15, -0.1) is 0 Å². The van der Waals surface area contributed by atoms with Crippen molar-refractivity contribution in [3.63, 3.8) is 0 Å². The third kappa shape index (κ3) is 5.51. The molecular formula is C15H26N2O2S. The average Bonchev–Trinajstić information content (AvgIpc) is 2.36. The second kappa shape index (κ2) is 7.64. The Bertz CT molecular complexity index is 495. The summed E-state index contributed by atoms with van der Waals surface area (Å²) >= 11 is 0. The van der Waals surface area contributed by atoms with Gasteiger partial charge in [-0.1, -0.05) is 20.8 Å². The van der Waals surface area contributed by atoms with E-state index in [0.717, 1.165) is 12.1 Å². The fraction of sp³-hybridized carbons (Fsp3) is 0.600. The molecule has 0 radical (unpaired) electrons. The summed E-state index contributed by atoms with van der Waals surface area (Å²) in [6.45, 7) is 6.85. The van der Waals surface area contributed by atoms with Crippen molar-refractivity contribution in [1.82, 2.24) is 0 Å². The van der Waals surface area contributed by atoms with Gasteiger partial charge >= 0.3 is 0 Å². The first-order valence-electron chi connectivity index (χ1n) is 7.17. The Hall–Kier alpha value is -1.07. The molecule has 0 aliphatic rings. The summed E-state index contributed by atoms with van der Waals surface area (Å²) < 4.78 is 23.8. The second-order valence-corrected chi connectivity index (χ2v) is 7.72. The normalized spacial score (nSPS) is 13.4. The monoisotopic (exact) mass is 298 g/mol. The van der Waals surface area contributed by atoms with Gasteiger partial charge in [0.1, 0.15) is 0 Å². The maximum atomic E-state index is 11.9. The molecule has 0 saturated carbocycles. The highest BCUT2D eigenvalue weighted by Crippen LogP contribution is 2.16. The van der Waals surface area contributed by atoms with E-state index in [4.69, 9.17) is 5.73 Å². The Kier molecular flexibility index (Phi) is 6.49. The molecule has 1 atom stereocenters. The molecule has 0 amide bonds. The van der Waals surface area contributed by atoms with Crippen molar-refractivity contribution in [1.29, 1.82) is 0 Å². The van der Waals surface area contributed by atoms with Crippen molar-refractivity contribution in [3.05, 3.63) is 24.3 Å². The third-order valence-corrected chi connectivity index (χ3v) is 4.96. The fourth-order valence-electron chi connectivity index (χ4n) is 2.10. The van der Waals surface area contributed by atoms with Gasteiger partial charge in [-0.05, 0) is 43.0 Å². The Morgan fingerprint density at radius 2 is 1.80 bits per heavy atom. The molecule has 1 unspecified atom stereocenters. The van der Waals surface area contributed by atoms with Crippen molar-refractivity contribution in [3.8, 4) is 0 Å². The number of benzene rings is 1. The van der Waals surface area contributed by atoms with Gasteiger partial charge in [0.25, 0.3) is 0 Å². The summed E-state index contributed by atoms with van der Waals surface area (Å²) in [5.41, 5.74) is 6.91. The first-order chi connectivity index (χ1) is 9.35. The van der Waals surface area contributed by atoms with Crippen LogP contribution in [0.3, 0.4) is 0 Å². The van der Waals surface area contributed by atoms with Crippen molar-refractivity contribution >= 4 is 15.5 Å². The van der Waals surface area contributed by atoms with Gasteiger partial charge in [-0.3, -0.25) is 0 Å². The van der Waals surface area contributed by atoms with Gasteiger partial charge in [-0.25, -0.2) is 8.42 Å². The Morgan fingerprint density at radius 3 is 2.30 bits per heavy atom. The zero-order chi connectivity index (χ0) is 15.2. The highest BCUT2D eigenvalue weighted by molar-refractivity contribution is 7.91. The minimum Gasteiger partial charge on any atom is -0.383 e. The van der Waals surface area contributed by atoms with Crippen LogP contribution in [0.2, 0.25) is 0 Å². The highest BCUT2D eigenvalue weighted by Gasteiger charge is 2.12. The van der Waals surface area contributed by atoms with Crippen LogP contribution >= 0.6 is 0 Å². The van der Waals surface area contributed by atoms with Crippen LogP contribution < -0.4 is 11.1 Å². The number of sulfone groups is 1. The zero-order valence-electron chi connectivity index (χ0n) is 12.6. The first-order valence-corrected chi connectivity index (χ1v) is 8.82. The molecule has 5 heteroatoms. The van der Waals surface area contributed by atoms with Crippen LogP contribution in [0, 0.1) is 5.92 Å². The summed E-state index contributed by atoms with van der Waals surface area (Å²) in [5.74, 6) is 0.771. The third-order valence-electron chi connectivity index (χ3n) is 3.03. The predicted molar refractivity (Wildman–Crippen MR) is 84.7 cm³/mol. The minimum atomic E-state index is -3.13. The molecule has 1 rings (SSSR count). The summed E-state index contributed by atoms with van der Waals surface area (Å²) in [5, 5.41) is 3.24. The van der Waals surface area contributed by atoms with Crippen LogP contribution in [0.1, 0.15) is 33.6 Å². The summed E-state index contributed by atoms with van der Waals surface area (Å²) in [4.78, 5) is 0.386. The average molecular weight is 298 g/mol. The van der Waals surface area contributed by atoms with Gasteiger partial charge < -0.3 is 11.1 Å². The molecule has 0 bridgehead atoms. The van der Waals surface area contributed by atoms with E-state index < -0.39 is 9.84 Å². The molecule has 0 saturated heterocycles. The van der Waals surface area contributed by atoms with E-state index in [1.54, 1.807) is 24.3 Å². The molecule has 114 valence electrons. The van der Waals surface area contributed by atoms with E-state index >= 15 is 0 Å². The van der Waals surface area contributed by atoms with Crippen LogP contribution in [0.25, 0.3) is 0 Å². The predicted octanol–water partition coefficient (Wildman–Crippen LogP) is 2.66. The van der Waals surface area contributed by atoms with Gasteiger partial charge in [0.15, 0.2) is 9.84 Å². The molecule has 0 aliphatic heterocycles. The van der Waals surface area contributed by atoms with Crippen molar-refractivity contribution in [2.75, 3.05) is 17.6 Å². The van der Waals surface area contributed by atoms with Gasteiger partial charge in [0.05, 0.1) is 10.6 Å². The van der Waals surface area contributed by atoms with Crippen LogP contribution in [0.5, 0.6) is 0 Å². The number of hydrogen-bond donors (Lipinski definition) is 2. The van der Waals surface area contributed by atoms with Gasteiger partial charge in [0.2, 0.25) is 0 Å². The van der Waals surface area contributed by atoms with E-state index in [0.29, 0.717) is 23.8 Å². The molecule has 0 fully saturated rings. The van der Waals surface area contributed by atoms with E-state index in [9.17, 15) is 8.42 Å². The quantitative estimate of drug-likeness (QED) is 0.774. The molecule has 1 aromatic carbocycles. The lowest BCUT2D eigenvalue weighted by Gasteiger charge is -2.15. The smallest absolute Gasteiger partial charge is 0.178 e. The molecule has 0 aromatic heterocycles. The van der Waals surface area contributed by atoms with Crippen LogP contribution in [0.4, 0.5) is 5.69 Å². The van der Waals surface area contributed by atoms with Crippen molar-refractivity contribution in [2.24, 2.45) is 11.7 Å². The number of hydrogen-bond acceptors (Lipinski definition) is 4. The lowest BCUT2D eigenvalue weighted by molar-refractivity contribution is 0.508. The van der Waals surface area contributed by atoms with Crippen LogP contribution in [-0.2, 0) is 9.84 Å². The number of nitrogens with one attached hydrogen (secondary N) is 1. The summed E-state index contributed by atoms with van der Waals surface area (Å²) in [6.07, 6.45) is 1.60. The molecule has 4 nitrogen and oxygen atoms in total. The molecular weight excluding hydrogens is 272 g/mol. The molecule has 3 N–H and O–H groups in total. The number of nitrogens with two attached hydrogens (primary N) is 1. The Labute approximate surface area is 122 Å². The second-order valence-electron chi connectivity index (χ2n) is 5.61. The zero-order valence-corrected chi connectivity index (χ0v) is 13.4. The molecule has 0 spiro atoms. The Morgan fingerprint density at radius 1 is 1.20 bits per heavy atom. The van der Waals surface area contributed by atoms with E-state index in [-0.39, 0.29) is 11.8 Å². The summed E-state index contributed by atoms with van der Waals surface area (Å²) in [7, 11) is -3.13. The van der Waals surface area contributed by atoms with Crippen molar-refractivity contribution < 1.29 is 8.42 Å². The number of rotatable bonds is 8. The maximum Gasteiger partial charge on any atom is 0.178 e. The van der Waals surface area contributed by atoms with Crippen LogP contribution in [-0.4, -0.2) is 26.8 Å². The lowest BCUT2D eigenvalue weighted by atomic mass is 10.0. The standard InChI is InChI=1S/C15H26N2O2S/c1-4-9-20(18,19)15-7-5-14(6-8-15)17-11-13(16)10-12(2)3/h5-8,12-13,17H,4,9-11,16H2,1-3H3. The molecule has 20 heavy (non-hydrogen) atoms. The SMILES string of the molecule is CCCS(=O)(=O)c1ccc(NCC(N)CC(C)C)cc1. The highest BCUT2D eigenvalue weighted by atomic mass is 32.2. The molecule has 1 aromatic rings. The van der Waals surface area contributed by atoms with Crippen molar-refractivity contribution in [2.45, 2.75) is 44.6 Å².